The predicted octanol–water partition coefficient (Wildman–Crippen LogP) is 5.17. The van der Waals surface area contributed by atoms with E-state index in [1.54, 1.807) is 0 Å². The van der Waals surface area contributed by atoms with Gasteiger partial charge in [-0.25, -0.2) is 4.39 Å². The Labute approximate surface area is 170 Å². The molecule has 2 aliphatic rings. The fourth-order valence-electron chi connectivity index (χ4n) is 5.17. The van der Waals surface area contributed by atoms with Crippen molar-refractivity contribution >= 4 is 0 Å². The first-order chi connectivity index (χ1) is 14.2. The van der Waals surface area contributed by atoms with Gasteiger partial charge in [0.25, 0.3) is 0 Å². The van der Waals surface area contributed by atoms with E-state index in [2.05, 4.69) is 27.5 Å². The number of H-pyrrole nitrogens is 1. The molecular formula is C23H26FN5. The maximum Gasteiger partial charge on any atom is 0.207 e. The fraction of sp³-hybridized carbons (Fsp3) is 0.478. The van der Waals surface area contributed by atoms with Crippen LogP contribution in [0, 0.1) is 5.82 Å². The van der Waals surface area contributed by atoms with Crippen LogP contribution in [0.5, 0.6) is 0 Å². The van der Waals surface area contributed by atoms with Crippen LogP contribution in [-0.4, -0.2) is 25.6 Å². The lowest BCUT2D eigenvalue weighted by molar-refractivity contribution is 0.475. The largest absolute Gasteiger partial charge is 0.256 e. The van der Waals surface area contributed by atoms with E-state index in [1.807, 2.05) is 12.1 Å². The number of tetrazole rings is 1. The average molecular weight is 391 g/mol. The highest BCUT2D eigenvalue weighted by Gasteiger charge is 2.38. The molecule has 0 spiro atoms. The van der Waals surface area contributed by atoms with Crippen LogP contribution in [0.15, 0.2) is 24.3 Å². The Bertz CT molecular complexity index is 1000. The summed E-state index contributed by atoms with van der Waals surface area (Å²) >= 11 is 0. The van der Waals surface area contributed by atoms with Gasteiger partial charge in [0.1, 0.15) is 5.82 Å². The zero-order valence-corrected chi connectivity index (χ0v) is 16.8. The molecule has 1 aromatic carbocycles. The maximum atomic E-state index is 13.7. The molecule has 29 heavy (non-hydrogen) atoms. The second kappa shape index (κ2) is 7.32. The molecule has 0 saturated heterocycles. The number of fused-ring (bicyclic) bond motifs is 1. The van der Waals surface area contributed by atoms with Gasteiger partial charge in [0.05, 0.1) is 11.3 Å². The number of hydrogen-bond acceptors (Lipinski definition) is 4. The van der Waals surface area contributed by atoms with Crippen LogP contribution in [0.3, 0.4) is 0 Å². The normalized spacial score (nSPS) is 18.4. The zero-order valence-electron chi connectivity index (χ0n) is 16.8. The van der Waals surface area contributed by atoms with Gasteiger partial charge >= 0.3 is 0 Å². The summed E-state index contributed by atoms with van der Waals surface area (Å²) in [7, 11) is 0. The molecule has 2 aromatic heterocycles. The molecule has 0 amide bonds. The first kappa shape index (κ1) is 18.4. The summed E-state index contributed by atoms with van der Waals surface area (Å²) in [5.41, 5.74) is 6.70. The van der Waals surface area contributed by atoms with Crippen molar-refractivity contribution in [2.45, 2.75) is 70.1 Å². The minimum Gasteiger partial charge on any atom is -0.256 e. The van der Waals surface area contributed by atoms with E-state index in [4.69, 9.17) is 4.98 Å². The molecule has 1 fully saturated rings. The van der Waals surface area contributed by atoms with Crippen LogP contribution in [0.4, 0.5) is 4.39 Å². The average Bonchev–Trinajstić information content (AvgIpc) is 3.36. The number of hydrogen-bond donors (Lipinski definition) is 1. The second-order valence-electron chi connectivity index (χ2n) is 8.71. The zero-order chi connectivity index (χ0) is 19.8. The van der Waals surface area contributed by atoms with Crippen molar-refractivity contribution in [3.63, 3.8) is 0 Å². The lowest BCUT2D eigenvalue weighted by Gasteiger charge is -2.29. The summed E-state index contributed by atoms with van der Waals surface area (Å²) in [6.45, 7) is 2.32. The van der Waals surface area contributed by atoms with Crippen LogP contribution >= 0.6 is 0 Å². The minimum absolute atomic E-state index is 0.00603. The van der Waals surface area contributed by atoms with Crippen molar-refractivity contribution in [3.05, 3.63) is 47.0 Å². The van der Waals surface area contributed by atoms with Gasteiger partial charge in [-0.15, -0.1) is 10.2 Å². The number of aryl methyl sites for hydroxylation is 1. The quantitative estimate of drug-likeness (QED) is 0.626. The minimum atomic E-state index is -0.224. The Morgan fingerprint density at radius 2 is 1.69 bits per heavy atom. The van der Waals surface area contributed by atoms with Crippen molar-refractivity contribution in [2.24, 2.45) is 0 Å². The number of nitrogens with one attached hydrogen (secondary N) is 1. The van der Waals surface area contributed by atoms with Crippen LogP contribution < -0.4 is 0 Å². The number of nitrogens with zero attached hydrogens (tertiary/aromatic N) is 4. The molecule has 3 aromatic rings. The van der Waals surface area contributed by atoms with E-state index < -0.39 is 0 Å². The van der Waals surface area contributed by atoms with Gasteiger partial charge in [0.2, 0.25) is 5.82 Å². The predicted molar refractivity (Wildman–Crippen MR) is 110 cm³/mol. The number of halogens is 1. The molecule has 1 saturated carbocycles. The summed E-state index contributed by atoms with van der Waals surface area (Å²) < 4.78 is 13.7. The molecule has 5 nitrogen and oxygen atoms in total. The molecule has 0 unspecified atom stereocenters. The van der Waals surface area contributed by atoms with Crippen molar-refractivity contribution in [1.29, 1.82) is 0 Å². The Balaban J connectivity index is 1.86. The molecule has 1 N–H and O–H groups in total. The molecule has 150 valence electrons. The summed E-state index contributed by atoms with van der Waals surface area (Å²) in [6, 6.07) is 6.83. The summed E-state index contributed by atoms with van der Waals surface area (Å²) in [6.07, 6.45) is 10.2. The Hall–Kier alpha value is -2.63. The number of aromatic nitrogens is 5. The van der Waals surface area contributed by atoms with Crippen LogP contribution in [0.25, 0.3) is 22.5 Å². The maximum absolute atomic E-state index is 13.7. The molecule has 6 heteroatoms. The lowest BCUT2D eigenvalue weighted by atomic mass is 9.78. The third-order valence-electron chi connectivity index (χ3n) is 6.70. The van der Waals surface area contributed by atoms with Gasteiger partial charge in [-0.2, -0.15) is 5.21 Å². The summed E-state index contributed by atoms with van der Waals surface area (Å²) in [5, 5.41) is 15.2. The van der Waals surface area contributed by atoms with E-state index in [-0.39, 0.29) is 11.2 Å². The smallest absolute Gasteiger partial charge is 0.207 e. The van der Waals surface area contributed by atoms with Gasteiger partial charge < -0.3 is 0 Å². The third kappa shape index (κ3) is 3.24. The first-order valence-corrected chi connectivity index (χ1v) is 10.7. The number of aromatic amines is 1. The van der Waals surface area contributed by atoms with E-state index >= 15 is 0 Å². The third-order valence-corrected chi connectivity index (χ3v) is 6.70. The van der Waals surface area contributed by atoms with Gasteiger partial charge in [0.15, 0.2) is 0 Å². The highest BCUT2D eigenvalue weighted by atomic mass is 19.1. The van der Waals surface area contributed by atoms with Crippen LogP contribution in [-0.2, 0) is 18.3 Å². The molecule has 0 atom stereocenters. The number of benzene rings is 1. The Morgan fingerprint density at radius 3 is 2.41 bits per heavy atom. The second-order valence-corrected chi connectivity index (χ2v) is 8.71. The Kier molecular flexibility index (Phi) is 4.64. The molecule has 2 heterocycles. The monoisotopic (exact) mass is 391 g/mol. The van der Waals surface area contributed by atoms with Gasteiger partial charge in [0, 0.05) is 11.1 Å². The molecule has 2 aliphatic carbocycles. The van der Waals surface area contributed by atoms with Crippen LogP contribution in [0.1, 0.15) is 68.8 Å². The van der Waals surface area contributed by atoms with E-state index in [0.29, 0.717) is 5.82 Å². The van der Waals surface area contributed by atoms with Crippen molar-refractivity contribution < 1.29 is 4.39 Å². The highest BCUT2D eigenvalue weighted by Crippen LogP contribution is 2.48. The van der Waals surface area contributed by atoms with E-state index in [1.165, 1.54) is 49.1 Å². The first-order valence-electron chi connectivity index (χ1n) is 10.7. The standard InChI is InChI=1S/C23H26FN5/c1-23(13-5-6-14-23)21-20(22-26-28-29-27-22)19(15-9-11-16(24)12-10-15)17-7-3-2-4-8-18(17)25-21/h9-12H,2-8,13-14H2,1H3,(H,26,27,28,29). The molecule has 0 radical (unpaired) electrons. The van der Waals surface area contributed by atoms with E-state index in [0.717, 1.165) is 54.5 Å². The van der Waals surface area contributed by atoms with Gasteiger partial charge in [-0.05, 0) is 72.6 Å². The lowest BCUT2D eigenvalue weighted by Crippen LogP contribution is -2.22. The fourth-order valence-corrected chi connectivity index (χ4v) is 5.17. The van der Waals surface area contributed by atoms with Gasteiger partial charge in [-0.1, -0.05) is 38.3 Å². The van der Waals surface area contributed by atoms with Gasteiger partial charge in [-0.3, -0.25) is 4.98 Å². The molecule has 0 aliphatic heterocycles. The van der Waals surface area contributed by atoms with Crippen molar-refractivity contribution in [3.8, 4) is 22.5 Å². The summed E-state index contributed by atoms with van der Waals surface area (Å²) in [4.78, 5) is 5.29. The van der Waals surface area contributed by atoms with Crippen molar-refractivity contribution in [1.82, 2.24) is 25.6 Å². The number of pyridine rings is 1. The number of rotatable bonds is 3. The van der Waals surface area contributed by atoms with E-state index in [9.17, 15) is 4.39 Å². The molecule has 5 rings (SSSR count). The molecule has 0 bridgehead atoms. The molecular weight excluding hydrogens is 365 g/mol. The topological polar surface area (TPSA) is 67.3 Å². The summed E-state index contributed by atoms with van der Waals surface area (Å²) in [5.74, 6) is 0.366. The SMILES string of the molecule is CC1(c2nc3c(c(-c4ccc(F)cc4)c2-c2nn[nH]n2)CCCCC3)CCCC1. The van der Waals surface area contributed by atoms with Crippen LogP contribution in [0.2, 0.25) is 0 Å². The van der Waals surface area contributed by atoms with Crippen molar-refractivity contribution in [2.75, 3.05) is 0 Å². The Morgan fingerprint density at radius 1 is 0.931 bits per heavy atom. The highest BCUT2D eigenvalue weighted by molar-refractivity contribution is 5.85.